The standard InChI is InChI=1S/C16H16N2O3S/c19-16(21-10-12-5-2-1-3-6-12)13-9-18(20)11-17-15(13)14-7-4-8-22-14/h1-9,15,17-18H,10-11H2. The Morgan fingerprint density at radius 2 is 2.14 bits per heavy atom. The molecule has 3 rings (SSSR count). The van der Waals surface area contributed by atoms with Crippen molar-refractivity contribution in [2.24, 2.45) is 0 Å². The summed E-state index contributed by atoms with van der Waals surface area (Å²) in [6.07, 6.45) is 1.40. The van der Waals surface area contributed by atoms with Crippen molar-refractivity contribution in [1.29, 1.82) is 0 Å². The van der Waals surface area contributed by atoms with Crippen molar-refractivity contribution < 1.29 is 14.6 Å². The normalized spacial score (nSPS) is 21.2. The maximum Gasteiger partial charge on any atom is 0.341 e. The molecule has 114 valence electrons. The molecule has 0 amide bonds. The average Bonchev–Trinajstić information content (AvgIpc) is 3.08. The van der Waals surface area contributed by atoms with Crippen LogP contribution >= 0.6 is 11.3 Å². The van der Waals surface area contributed by atoms with Gasteiger partial charge < -0.3 is 15.0 Å². The molecule has 0 bridgehead atoms. The summed E-state index contributed by atoms with van der Waals surface area (Å²) in [6, 6.07) is 13.1. The predicted octanol–water partition coefficient (Wildman–Crippen LogP) is 1.36. The summed E-state index contributed by atoms with van der Waals surface area (Å²) in [6.45, 7) is 0.431. The Labute approximate surface area is 132 Å². The second-order valence-corrected chi connectivity index (χ2v) is 5.94. The number of thiophene rings is 1. The van der Waals surface area contributed by atoms with E-state index in [1.807, 2.05) is 47.8 Å². The van der Waals surface area contributed by atoms with Crippen LogP contribution in [-0.2, 0) is 16.1 Å². The molecule has 1 aromatic heterocycles. The first-order valence-electron chi connectivity index (χ1n) is 6.96. The Morgan fingerprint density at radius 3 is 2.86 bits per heavy atom. The van der Waals surface area contributed by atoms with Crippen LogP contribution in [0.4, 0.5) is 0 Å². The first kappa shape index (κ1) is 14.9. The molecule has 2 heterocycles. The van der Waals surface area contributed by atoms with Crippen molar-refractivity contribution in [1.82, 2.24) is 5.32 Å². The molecule has 0 fully saturated rings. The van der Waals surface area contributed by atoms with Crippen LogP contribution in [0.5, 0.6) is 0 Å². The highest BCUT2D eigenvalue weighted by Gasteiger charge is 2.30. The number of hydrogen-bond acceptors (Lipinski definition) is 5. The van der Waals surface area contributed by atoms with E-state index >= 15 is 0 Å². The average molecular weight is 316 g/mol. The number of quaternary nitrogens is 1. The zero-order chi connectivity index (χ0) is 15.4. The van der Waals surface area contributed by atoms with Gasteiger partial charge in [0.05, 0.1) is 6.04 Å². The van der Waals surface area contributed by atoms with E-state index in [2.05, 4.69) is 5.32 Å². The van der Waals surface area contributed by atoms with Crippen LogP contribution in [0, 0.1) is 5.21 Å². The highest BCUT2D eigenvalue weighted by molar-refractivity contribution is 7.10. The van der Waals surface area contributed by atoms with Crippen LogP contribution in [0.1, 0.15) is 16.5 Å². The van der Waals surface area contributed by atoms with Crippen molar-refractivity contribution in [2.75, 3.05) is 6.67 Å². The molecule has 5 nitrogen and oxygen atoms in total. The lowest BCUT2D eigenvalue weighted by Gasteiger charge is -2.29. The third kappa shape index (κ3) is 3.42. The number of hydroxylamine groups is 2. The fraction of sp³-hybridized carbons (Fsp3) is 0.188. The van der Waals surface area contributed by atoms with Crippen LogP contribution in [0.15, 0.2) is 59.6 Å². The van der Waals surface area contributed by atoms with E-state index in [0.717, 1.165) is 10.4 Å². The highest BCUT2D eigenvalue weighted by atomic mass is 32.1. The molecule has 2 unspecified atom stereocenters. The largest absolute Gasteiger partial charge is 0.628 e. The zero-order valence-corrected chi connectivity index (χ0v) is 12.6. The van der Waals surface area contributed by atoms with E-state index in [1.165, 1.54) is 6.20 Å². The van der Waals surface area contributed by atoms with Gasteiger partial charge in [0.25, 0.3) is 0 Å². The lowest BCUT2D eigenvalue weighted by Crippen LogP contribution is -3.05. The summed E-state index contributed by atoms with van der Waals surface area (Å²) in [5, 5.41) is 16.5. The lowest BCUT2D eigenvalue weighted by molar-refractivity contribution is -0.798. The Morgan fingerprint density at radius 1 is 1.32 bits per heavy atom. The molecular formula is C16H16N2O3S. The molecule has 22 heavy (non-hydrogen) atoms. The molecule has 0 saturated heterocycles. The fourth-order valence-corrected chi connectivity index (χ4v) is 3.13. The zero-order valence-electron chi connectivity index (χ0n) is 11.8. The van der Waals surface area contributed by atoms with Gasteiger partial charge in [0, 0.05) is 4.88 Å². The van der Waals surface area contributed by atoms with Gasteiger partial charge in [0.2, 0.25) is 0 Å². The van der Waals surface area contributed by atoms with Gasteiger partial charge in [-0.05, 0) is 17.0 Å². The molecule has 2 N–H and O–H groups in total. The number of benzene rings is 1. The van der Waals surface area contributed by atoms with Gasteiger partial charge in [-0.3, -0.25) is 5.32 Å². The smallest absolute Gasteiger partial charge is 0.341 e. The van der Waals surface area contributed by atoms with E-state index in [4.69, 9.17) is 4.74 Å². The maximum atomic E-state index is 12.3. The van der Waals surface area contributed by atoms with E-state index in [-0.39, 0.29) is 24.4 Å². The number of esters is 1. The van der Waals surface area contributed by atoms with E-state index in [9.17, 15) is 10.0 Å². The number of carbonyl (C=O) groups is 1. The Balaban J connectivity index is 1.73. The van der Waals surface area contributed by atoms with Gasteiger partial charge in [0.1, 0.15) is 25.0 Å². The van der Waals surface area contributed by atoms with Gasteiger partial charge in [-0.1, -0.05) is 36.4 Å². The maximum absolute atomic E-state index is 12.3. The quantitative estimate of drug-likeness (QED) is 0.660. The van der Waals surface area contributed by atoms with E-state index in [0.29, 0.717) is 5.57 Å². The Hall–Kier alpha value is -1.99. The third-order valence-electron chi connectivity index (χ3n) is 3.38. The molecule has 6 heteroatoms. The second kappa shape index (κ2) is 6.85. The first-order chi connectivity index (χ1) is 10.7. The third-order valence-corrected chi connectivity index (χ3v) is 4.32. The molecule has 1 aromatic carbocycles. The minimum absolute atomic E-state index is 0.112. The van der Waals surface area contributed by atoms with Crippen LogP contribution in [0.25, 0.3) is 0 Å². The first-order valence-corrected chi connectivity index (χ1v) is 7.84. The van der Waals surface area contributed by atoms with E-state index in [1.54, 1.807) is 11.3 Å². The molecular weight excluding hydrogens is 300 g/mol. The SMILES string of the molecule is O=C(OCc1ccccc1)C1=C[NH+]([O-])CNC1c1cccs1. The molecule has 0 spiro atoms. The second-order valence-electron chi connectivity index (χ2n) is 4.96. The summed E-state index contributed by atoms with van der Waals surface area (Å²) < 4.78 is 5.35. The summed E-state index contributed by atoms with van der Waals surface area (Å²) in [4.78, 5) is 13.3. The van der Waals surface area contributed by atoms with Crippen LogP contribution in [0.3, 0.4) is 0 Å². The van der Waals surface area contributed by atoms with Crippen LogP contribution in [-0.4, -0.2) is 12.6 Å². The number of nitrogens with one attached hydrogen (secondary N) is 2. The molecule has 1 aliphatic rings. The van der Waals surface area contributed by atoms with Crippen molar-refractivity contribution >= 4 is 17.3 Å². The summed E-state index contributed by atoms with van der Waals surface area (Å²) in [5.74, 6) is -0.456. The Kier molecular flexibility index (Phi) is 4.65. The van der Waals surface area contributed by atoms with Crippen molar-refractivity contribution in [3.63, 3.8) is 0 Å². The Bertz CT molecular complexity index is 655. The summed E-state index contributed by atoms with van der Waals surface area (Å²) in [5.41, 5.74) is 1.29. The molecule has 2 atom stereocenters. The van der Waals surface area contributed by atoms with Gasteiger partial charge >= 0.3 is 5.97 Å². The number of hydrogen-bond donors (Lipinski definition) is 2. The lowest BCUT2D eigenvalue weighted by atomic mass is 10.1. The molecule has 1 aliphatic heterocycles. The minimum atomic E-state index is -0.456. The number of ether oxygens (including phenoxy) is 1. The minimum Gasteiger partial charge on any atom is -0.628 e. The van der Waals surface area contributed by atoms with Crippen molar-refractivity contribution in [3.8, 4) is 0 Å². The molecule has 2 aromatic rings. The summed E-state index contributed by atoms with van der Waals surface area (Å²) >= 11 is 1.54. The molecule has 0 aliphatic carbocycles. The van der Waals surface area contributed by atoms with Gasteiger partial charge in [-0.25, -0.2) is 4.79 Å². The predicted molar refractivity (Wildman–Crippen MR) is 83.7 cm³/mol. The molecule has 0 saturated carbocycles. The highest BCUT2D eigenvalue weighted by Crippen LogP contribution is 2.27. The number of rotatable bonds is 4. The number of carbonyl (C=O) groups excluding carboxylic acids is 1. The van der Waals surface area contributed by atoms with Crippen LogP contribution in [0.2, 0.25) is 0 Å². The van der Waals surface area contributed by atoms with Crippen LogP contribution < -0.4 is 10.4 Å². The molecule has 0 radical (unpaired) electrons. The van der Waals surface area contributed by atoms with Gasteiger partial charge in [-0.2, -0.15) is 0 Å². The van der Waals surface area contributed by atoms with Crippen molar-refractivity contribution in [2.45, 2.75) is 12.6 Å². The monoisotopic (exact) mass is 316 g/mol. The topological polar surface area (TPSA) is 65.8 Å². The van der Waals surface area contributed by atoms with Gasteiger partial charge in [0.15, 0.2) is 0 Å². The van der Waals surface area contributed by atoms with Gasteiger partial charge in [-0.15, -0.1) is 11.3 Å². The summed E-state index contributed by atoms with van der Waals surface area (Å²) in [7, 11) is 0. The van der Waals surface area contributed by atoms with E-state index < -0.39 is 5.97 Å². The fourth-order valence-electron chi connectivity index (χ4n) is 2.31. The van der Waals surface area contributed by atoms with Crippen molar-refractivity contribution in [3.05, 3.63) is 75.3 Å².